The second-order valence-electron chi connectivity index (χ2n) is 6.49. The number of aliphatic imine (C=N–C) groups is 1. The largest absolute Gasteiger partial charge is 0.388 e. The van der Waals surface area contributed by atoms with Crippen molar-refractivity contribution in [3.8, 4) is 0 Å². The van der Waals surface area contributed by atoms with Crippen LogP contribution in [-0.2, 0) is 4.74 Å². The first-order valence-corrected chi connectivity index (χ1v) is 8.11. The first-order valence-electron chi connectivity index (χ1n) is 8.11. The molecule has 0 aromatic heterocycles. The zero-order chi connectivity index (χ0) is 14.0. The number of hydrogen-bond acceptors (Lipinski definition) is 3. The molecule has 2 heterocycles. The molecule has 2 bridgehead atoms. The molecule has 3 N–H and O–H groups in total. The van der Waals surface area contributed by atoms with Gasteiger partial charge in [0.15, 0.2) is 5.96 Å². The number of ether oxygens (including phenoxy) is 1. The van der Waals surface area contributed by atoms with Crippen LogP contribution in [0.3, 0.4) is 0 Å². The zero-order valence-corrected chi connectivity index (χ0v) is 12.4. The van der Waals surface area contributed by atoms with Crippen LogP contribution < -0.4 is 10.6 Å². The first-order chi connectivity index (χ1) is 9.68. The molecule has 20 heavy (non-hydrogen) atoms. The van der Waals surface area contributed by atoms with Gasteiger partial charge in [-0.3, -0.25) is 4.99 Å². The summed E-state index contributed by atoms with van der Waals surface area (Å²) in [6.07, 6.45) is 8.24. The smallest absolute Gasteiger partial charge is 0.191 e. The quantitative estimate of drug-likeness (QED) is 0.534. The van der Waals surface area contributed by atoms with Crippen molar-refractivity contribution in [2.24, 2.45) is 4.99 Å². The Morgan fingerprint density at radius 3 is 2.75 bits per heavy atom. The molecule has 0 aromatic carbocycles. The van der Waals surface area contributed by atoms with Gasteiger partial charge in [0, 0.05) is 6.54 Å². The molecular weight excluding hydrogens is 254 g/mol. The summed E-state index contributed by atoms with van der Waals surface area (Å²) < 4.78 is 5.87. The fourth-order valence-electron chi connectivity index (χ4n) is 3.70. The molecule has 3 fully saturated rings. The van der Waals surface area contributed by atoms with E-state index in [1.165, 1.54) is 6.42 Å². The lowest BCUT2D eigenvalue weighted by Gasteiger charge is -2.24. The van der Waals surface area contributed by atoms with E-state index in [1.807, 2.05) is 0 Å². The molecule has 114 valence electrons. The van der Waals surface area contributed by atoms with E-state index < -0.39 is 5.60 Å². The van der Waals surface area contributed by atoms with Crippen molar-refractivity contribution in [2.45, 2.75) is 75.7 Å². The van der Waals surface area contributed by atoms with E-state index in [0.29, 0.717) is 24.8 Å². The minimum atomic E-state index is -0.576. The Hall–Kier alpha value is -0.810. The predicted molar refractivity (Wildman–Crippen MR) is 78.8 cm³/mol. The molecule has 0 spiro atoms. The summed E-state index contributed by atoms with van der Waals surface area (Å²) in [5.41, 5.74) is -0.576. The van der Waals surface area contributed by atoms with Crippen molar-refractivity contribution < 1.29 is 9.84 Å². The molecule has 3 atom stereocenters. The van der Waals surface area contributed by atoms with Crippen LogP contribution in [0.25, 0.3) is 0 Å². The van der Waals surface area contributed by atoms with E-state index >= 15 is 0 Å². The van der Waals surface area contributed by atoms with Gasteiger partial charge in [0.25, 0.3) is 0 Å². The molecule has 2 aliphatic heterocycles. The molecule has 5 heteroatoms. The molecule has 0 aromatic rings. The first kappa shape index (κ1) is 14.1. The van der Waals surface area contributed by atoms with Crippen molar-refractivity contribution in [2.75, 3.05) is 13.1 Å². The summed E-state index contributed by atoms with van der Waals surface area (Å²) in [6.45, 7) is 3.41. The number of rotatable bonds is 4. The molecule has 5 nitrogen and oxygen atoms in total. The highest BCUT2D eigenvalue weighted by atomic mass is 16.5. The van der Waals surface area contributed by atoms with Gasteiger partial charge in [0.1, 0.15) is 0 Å². The SMILES string of the molecule is CCNC(=NCC1(O)CCCC1)NC1CC2CCC1O2. The second kappa shape index (κ2) is 5.90. The molecule has 3 rings (SSSR count). The lowest BCUT2D eigenvalue weighted by Crippen LogP contribution is -2.48. The van der Waals surface area contributed by atoms with Gasteiger partial charge in [-0.2, -0.15) is 0 Å². The van der Waals surface area contributed by atoms with E-state index in [0.717, 1.165) is 51.0 Å². The third-order valence-electron chi connectivity index (χ3n) is 4.84. The fourth-order valence-corrected chi connectivity index (χ4v) is 3.70. The maximum Gasteiger partial charge on any atom is 0.191 e. The van der Waals surface area contributed by atoms with Crippen LogP contribution in [0, 0.1) is 0 Å². The highest BCUT2D eigenvalue weighted by molar-refractivity contribution is 5.80. The van der Waals surface area contributed by atoms with Crippen molar-refractivity contribution in [3.05, 3.63) is 0 Å². The van der Waals surface area contributed by atoms with Gasteiger partial charge in [-0.05, 0) is 39.0 Å². The summed E-state index contributed by atoms with van der Waals surface area (Å²) in [4.78, 5) is 4.60. The van der Waals surface area contributed by atoms with E-state index in [2.05, 4.69) is 22.5 Å². The van der Waals surface area contributed by atoms with Crippen molar-refractivity contribution >= 4 is 5.96 Å². The minimum Gasteiger partial charge on any atom is -0.388 e. The van der Waals surface area contributed by atoms with E-state index in [9.17, 15) is 5.11 Å². The van der Waals surface area contributed by atoms with Crippen LogP contribution in [0.5, 0.6) is 0 Å². The fraction of sp³-hybridized carbons (Fsp3) is 0.933. The Morgan fingerprint density at radius 1 is 1.35 bits per heavy atom. The Balaban J connectivity index is 1.57. The maximum absolute atomic E-state index is 10.4. The van der Waals surface area contributed by atoms with Crippen LogP contribution in [0.1, 0.15) is 51.9 Å². The molecule has 1 aliphatic carbocycles. The Labute approximate surface area is 121 Å². The number of nitrogens with zero attached hydrogens (tertiary/aromatic N) is 1. The molecule has 0 radical (unpaired) electrons. The van der Waals surface area contributed by atoms with Crippen LogP contribution >= 0.6 is 0 Å². The van der Waals surface area contributed by atoms with Crippen LogP contribution in [0.2, 0.25) is 0 Å². The minimum absolute atomic E-state index is 0.346. The van der Waals surface area contributed by atoms with Crippen LogP contribution in [0.4, 0.5) is 0 Å². The van der Waals surface area contributed by atoms with Crippen molar-refractivity contribution in [3.63, 3.8) is 0 Å². The van der Waals surface area contributed by atoms with E-state index in [1.54, 1.807) is 0 Å². The third kappa shape index (κ3) is 3.09. The number of nitrogens with one attached hydrogen (secondary N) is 2. The molecule has 1 saturated carbocycles. The highest BCUT2D eigenvalue weighted by Gasteiger charge is 2.41. The summed E-state index contributed by atoms with van der Waals surface area (Å²) in [6, 6.07) is 0.379. The van der Waals surface area contributed by atoms with Gasteiger partial charge in [0.05, 0.1) is 30.4 Å². The lowest BCUT2D eigenvalue weighted by molar-refractivity contribution is 0.0573. The number of guanidine groups is 1. The molecule has 3 aliphatic rings. The number of aliphatic hydroxyl groups is 1. The zero-order valence-electron chi connectivity index (χ0n) is 12.4. The van der Waals surface area contributed by atoms with Gasteiger partial charge in [-0.15, -0.1) is 0 Å². The number of hydrogen-bond donors (Lipinski definition) is 3. The molecule has 0 amide bonds. The Bertz CT molecular complexity index is 366. The van der Waals surface area contributed by atoms with Crippen molar-refractivity contribution in [1.82, 2.24) is 10.6 Å². The van der Waals surface area contributed by atoms with E-state index in [-0.39, 0.29) is 0 Å². The van der Waals surface area contributed by atoms with Gasteiger partial charge in [-0.25, -0.2) is 0 Å². The van der Waals surface area contributed by atoms with Gasteiger partial charge in [0.2, 0.25) is 0 Å². The van der Waals surface area contributed by atoms with Crippen LogP contribution in [-0.4, -0.2) is 48.0 Å². The van der Waals surface area contributed by atoms with Crippen molar-refractivity contribution in [1.29, 1.82) is 0 Å². The lowest BCUT2D eigenvalue weighted by atomic mass is 9.96. The highest BCUT2D eigenvalue weighted by Crippen LogP contribution is 2.34. The summed E-state index contributed by atoms with van der Waals surface area (Å²) in [7, 11) is 0. The van der Waals surface area contributed by atoms with Crippen LogP contribution in [0.15, 0.2) is 4.99 Å². The van der Waals surface area contributed by atoms with Gasteiger partial charge < -0.3 is 20.5 Å². The second-order valence-corrected chi connectivity index (χ2v) is 6.49. The summed E-state index contributed by atoms with van der Waals surface area (Å²) in [5, 5.41) is 17.2. The van der Waals surface area contributed by atoms with Gasteiger partial charge in [-0.1, -0.05) is 12.8 Å². The Kier molecular flexibility index (Phi) is 4.17. The standard InChI is InChI=1S/C15H27N3O2/c1-2-16-14(17-10-15(19)7-3-4-8-15)18-12-9-11-5-6-13(12)20-11/h11-13,19H,2-10H2,1H3,(H2,16,17,18). The average Bonchev–Trinajstić information content (AvgIpc) is 3.13. The molecular formula is C15H27N3O2. The average molecular weight is 281 g/mol. The summed E-state index contributed by atoms with van der Waals surface area (Å²) in [5.74, 6) is 0.828. The maximum atomic E-state index is 10.4. The van der Waals surface area contributed by atoms with E-state index in [4.69, 9.17) is 4.74 Å². The topological polar surface area (TPSA) is 65.9 Å². The Morgan fingerprint density at radius 2 is 2.15 bits per heavy atom. The summed E-state index contributed by atoms with van der Waals surface area (Å²) >= 11 is 0. The van der Waals surface area contributed by atoms with Gasteiger partial charge >= 0.3 is 0 Å². The number of fused-ring (bicyclic) bond motifs is 2. The third-order valence-corrected chi connectivity index (χ3v) is 4.84. The molecule has 3 unspecified atom stereocenters. The predicted octanol–water partition coefficient (Wildman–Crippen LogP) is 1.17. The molecule has 2 saturated heterocycles. The monoisotopic (exact) mass is 281 g/mol. The normalized spacial score (nSPS) is 35.5.